The van der Waals surface area contributed by atoms with Crippen molar-refractivity contribution in [1.82, 2.24) is 0 Å². The van der Waals surface area contributed by atoms with E-state index in [2.05, 4.69) is 0 Å². The van der Waals surface area contributed by atoms with E-state index in [1.54, 1.807) is 37.3 Å². The molecular formula is C32H40O9. The largest absolute Gasteiger partial charge is 0.454 e. The fourth-order valence-corrected chi connectivity index (χ4v) is 8.58. The Bertz CT molecular complexity index is 1320. The Kier molecular flexibility index (Phi) is 7.11. The third-order valence-electron chi connectivity index (χ3n) is 10.6. The summed E-state index contributed by atoms with van der Waals surface area (Å²) >= 11 is 0. The molecule has 2 saturated carbocycles. The van der Waals surface area contributed by atoms with Crippen molar-refractivity contribution in [2.24, 2.45) is 22.7 Å². The molecule has 1 aromatic rings. The first-order valence-corrected chi connectivity index (χ1v) is 14.3. The summed E-state index contributed by atoms with van der Waals surface area (Å²) in [6.07, 6.45) is -2.89. The van der Waals surface area contributed by atoms with Crippen molar-refractivity contribution in [3.63, 3.8) is 0 Å². The zero-order valence-corrected chi connectivity index (χ0v) is 24.6. The third-order valence-corrected chi connectivity index (χ3v) is 10.6. The highest BCUT2D eigenvalue weighted by Gasteiger charge is 2.76. The Hall–Kier alpha value is -2.88. The van der Waals surface area contributed by atoms with E-state index in [0.29, 0.717) is 17.6 Å². The van der Waals surface area contributed by atoms with E-state index in [-0.39, 0.29) is 31.7 Å². The highest BCUT2D eigenvalue weighted by molar-refractivity contribution is 5.97. The van der Waals surface area contributed by atoms with Gasteiger partial charge in [-0.1, -0.05) is 49.8 Å². The molecule has 1 aliphatic heterocycles. The number of rotatable bonds is 5. The second-order valence-corrected chi connectivity index (χ2v) is 13.1. The van der Waals surface area contributed by atoms with Gasteiger partial charge in [0.2, 0.25) is 0 Å². The number of benzene rings is 1. The highest BCUT2D eigenvalue weighted by Crippen LogP contribution is 2.66. The molecule has 4 aliphatic rings. The van der Waals surface area contributed by atoms with Crippen molar-refractivity contribution < 1.29 is 43.6 Å². The fourth-order valence-electron chi connectivity index (χ4n) is 8.58. The van der Waals surface area contributed by atoms with Gasteiger partial charge in [-0.25, -0.2) is 0 Å². The second-order valence-electron chi connectivity index (χ2n) is 13.1. The molecule has 0 unspecified atom stereocenters. The van der Waals surface area contributed by atoms with Crippen LogP contribution in [0.1, 0.15) is 77.6 Å². The van der Waals surface area contributed by atoms with Gasteiger partial charge in [0.05, 0.1) is 23.7 Å². The van der Waals surface area contributed by atoms with Crippen LogP contribution in [0.25, 0.3) is 0 Å². The number of ether oxygens (including phenoxy) is 3. The molecule has 0 radical (unpaired) electrons. The van der Waals surface area contributed by atoms with Crippen LogP contribution in [0, 0.1) is 22.7 Å². The van der Waals surface area contributed by atoms with Crippen molar-refractivity contribution in [1.29, 1.82) is 0 Å². The average molecular weight is 569 g/mol. The van der Waals surface area contributed by atoms with Gasteiger partial charge in [0, 0.05) is 49.5 Å². The average Bonchev–Trinajstić information content (AvgIpc) is 2.89. The van der Waals surface area contributed by atoms with Gasteiger partial charge in [-0.15, -0.1) is 0 Å². The number of aliphatic hydroxyl groups is 2. The monoisotopic (exact) mass is 568 g/mol. The number of hydrogen-bond donors (Lipinski definition) is 2. The maximum Gasteiger partial charge on any atom is 0.303 e. The topological polar surface area (TPSA) is 136 Å². The van der Waals surface area contributed by atoms with Crippen molar-refractivity contribution in [3.05, 3.63) is 47.0 Å². The number of hydrogen-bond acceptors (Lipinski definition) is 9. The quantitative estimate of drug-likeness (QED) is 0.311. The summed E-state index contributed by atoms with van der Waals surface area (Å²) in [5.41, 5.74) is -4.02. The molecule has 0 spiro atoms. The molecule has 8 atom stereocenters. The van der Waals surface area contributed by atoms with E-state index < -0.39 is 69.9 Å². The molecule has 3 fully saturated rings. The van der Waals surface area contributed by atoms with Gasteiger partial charge < -0.3 is 24.4 Å². The lowest BCUT2D eigenvalue weighted by Gasteiger charge is -2.68. The fraction of sp³-hybridized carbons (Fsp3) is 0.625. The molecular weight excluding hydrogens is 528 g/mol. The highest BCUT2D eigenvalue weighted by atomic mass is 16.6. The van der Waals surface area contributed by atoms with Crippen LogP contribution in [0.2, 0.25) is 0 Å². The minimum Gasteiger partial charge on any atom is -0.454 e. The van der Waals surface area contributed by atoms with E-state index in [0.717, 1.165) is 5.57 Å². The molecule has 2 N–H and O–H groups in total. The minimum atomic E-state index is -1.66. The smallest absolute Gasteiger partial charge is 0.303 e. The van der Waals surface area contributed by atoms with Crippen molar-refractivity contribution in [2.75, 3.05) is 6.61 Å². The summed E-state index contributed by atoms with van der Waals surface area (Å²) in [5.74, 6) is -4.00. The summed E-state index contributed by atoms with van der Waals surface area (Å²) in [7, 11) is 0. The van der Waals surface area contributed by atoms with Gasteiger partial charge in [0.1, 0.15) is 6.10 Å². The first-order chi connectivity index (χ1) is 19.1. The van der Waals surface area contributed by atoms with Crippen LogP contribution < -0.4 is 0 Å². The second kappa shape index (κ2) is 9.85. The molecule has 1 saturated heterocycles. The van der Waals surface area contributed by atoms with E-state index in [1.165, 1.54) is 13.8 Å². The number of ketones is 2. The van der Waals surface area contributed by atoms with Gasteiger partial charge in [0.25, 0.3) is 0 Å². The van der Waals surface area contributed by atoms with Gasteiger partial charge in [0.15, 0.2) is 23.3 Å². The molecule has 1 heterocycles. The van der Waals surface area contributed by atoms with Crippen molar-refractivity contribution >= 4 is 23.5 Å². The normalized spacial score (nSPS) is 39.3. The van der Waals surface area contributed by atoms with Gasteiger partial charge in [-0.3, -0.25) is 19.2 Å². The van der Waals surface area contributed by atoms with Crippen LogP contribution in [0.5, 0.6) is 0 Å². The van der Waals surface area contributed by atoms with Gasteiger partial charge in [-0.05, 0) is 32.3 Å². The number of fused-ring (bicyclic) bond motifs is 5. The molecule has 1 aromatic carbocycles. The summed E-state index contributed by atoms with van der Waals surface area (Å²) < 4.78 is 17.6. The van der Waals surface area contributed by atoms with Gasteiger partial charge >= 0.3 is 11.9 Å². The van der Waals surface area contributed by atoms with Crippen molar-refractivity contribution in [2.45, 2.75) is 96.7 Å². The van der Waals surface area contributed by atoms with Crippen LogP contribution in [0.15, 0.2) is 41.5 Å². The van der Waals surface area contributed by atoms with Crippen LogP contribution in [0.3, 0.4) is 0 Å². The molecule has 9 nitrogen and oxygen atoms in total. The van der Waals surface area contributed by atoms with Crippen LogP contribution >= 0.6 is 0 Å². The molecule has 41 heavy (non-hydrogen) atoms. The molecule has 3 aliphatic carbocycles. The number of allylic oxidation sites excluding steroid dienone is 1. The SMILES string of the molecule is CC(=O)O[C@H]1C(=O)[C@@]2(C)[C@H]([C@H](CC(=O)c3ccccc3)[C@]3(O)CCC(C)=C1C3(C)C)[C@]1(OC(C)=O)CO[C@@H]1C[C@@H]2O. The van der Waals surface area contributed by atoms with E-state index in [4.69, 9.17) is 14.2 Å². The third kappa shape index (κ3) is 4.14. The first kappa shape index (κ1) is 29.6. The Labute approximate surface area is 240 Å². The molecule has 5 rings (SSSR count). The first-order valence-electron chi connectivity index (χ1n) is 14.3. The molecule has 0 aromatic heterocycles. The number of esters is 2. The van der Waals surface area contributed by atoms with Crippen LogP contribution in [-0.4, -0.2) is 69.8 Å². The molecule has 9 heteroatoms. The predicted molar refractivity (Wildman–Crippen MR) is 147 cm³/mol. The standard InChI is InChI=1S/C32H40O9/c1-17-12-13-32(38)21(14-22(35)20-10-8-7-9-11-20)27-30(6,23(36)15-24-31(27,16-39-24)41-19(3)34)28(37)26(40-18(2)33)25(17)29(32,4)5/h7-11,21,23-24,26-27,36,38H,12-16H2,1-6H3/t21-,23-,24+,26+,27-,30+,31-,32+/m0/s1. The minimum absolute atomic E-state index is 0.00197. The maximum absolute atomic E-state index is 14.8. The summed E-state index contributed by atoms with van der Waals surface area (Å²) in [6.45, 7) is 9.51. The summed E-state index contributed by atoms with van der Waals surface area (Å²) in [6, 6.07) is 8.72. The Morgan fingerprint density at radius 2 is 1.73 bits per heavy atom. The zero-order valence-electron chi connectivity index (χ0n) is 24.6. The number of aliphatic hydroxyl groups excluding tert-OH is 1. The Morgan fingerprint density at radius 1 is 1.07 bits per heavy atom. The van der Waals surface area contributed by atoms with E-state index in [1.807, 2.05) is 20.8 Å². The van der Waals surface area contributed by atoms with Crippen LogP contribution in [0.4, 0.5) is 0 Å². The number of carbonyl (C=O) groups is 4. The Balaban J connectivity index is 1.81. The van der Waals surface area contributed by atoms with Crippen LogP contribution in [-0.2, 0) is 28.6 Å². The van der Waals surface area contributed by atoms with Gasteiger partial charge in [-0.2, -0.15) is 0 Å². The summed E-state index contributed by atoms with van der Waals surface area (Å²) in [4.78, 5) is 53.7. The number of Topliss-reactive ketones (excluding diaryl/α,β-unsaturated/α-hetero) is 2. The predicted octanol–water partition coefficient (Wildman–Crippen LogP) is 3.35. The zero-order chi connectivity index (χ0) is 30.1. The molecule has 2 bridgehead atoms. The number of carbonyl (C=O) groups excluding carboxylic acids is 4. The lowest BCUT2D eigenvalue weighted by molar-refractivity contribution is -0.338. The van der Waals surface area contributed by atoms with E-state index in [9.17, 15) is 29.4 Å². The Morgan fingerprint density at radius 3 is 2.29 bits per heavy atom. The lowest BCUT2D eigenvalue weighted by Crippen LogP contribution is -2.80. The molecule has 0 amide bonds. The maximum atomic E-state index is 14.8. The molecule has 222 valence electrons. The lowest BCUT2D eigenvalue weighted by atomic mass is 9.42. The van der Waals surface area contributed by atoms with E-state index >= 15 is 0 Å². The summed E-state index contributed by atoms with van der Waals surface area (Å²) in [5, 5.41) is 24.7. The van der Waals surface area contributed by atoms with Crippen molar-refractivity contribution in [3.8, 4) is 0 Å².